The van der Waals surface area contributed by atoms with E-state index in [2.05, 4.69) is 15.7 Å². The highest BCUT2D eigenvalue weighted by Gasteiger charge is 2.16. The molecular formula is C20H19FN4O4. The van der Waals surface area contributed by atoms with Crippen molar-refractivity contribution in [1.29, 1.82) is 0 Å². The van der Waals surface area contributed by atoms with Gasteiger partial charge in [-0.3, -0.25) is 9.59 Å². The van der Waals surface area contributed by atoms with E-state index in [4.69, 9.17) is 4.42 Å². The van der Waals surface area contributed by atoms with Gasteiger partial charge in [-0.1, -0.05) is 12.1 Å². The molecule has 0 aliphatic heterocycles. The van der Waals surface area contributed by atoms with Crippen LogP contribution in [0.2, 0.25) is 0 Å². The van der Waals surface area contributed by atoms with Gasteiger partial charge in [-0.2, -0.15) is 4.68 Å². The molecule has 8 nitrogen and oxygen atoms in total. The Labute approximate surface area is 165 Å². The number of para-hydroxylation sites is 1. The molecule has 0 fully saturated rings. The summed E-state index contributed by atoms with van der Waals surface area (Å²) in [6.45, 7) is 3.24. The number of amides is 2. The van der Waals surface area contributed by atoms with Crippen LogP contribution in [0.1, 0.15) is 24.2 Å². The largest absolute Gasteiger partial charge is 0.437 e. The van der Waals surface area contributed by atoms with Gasteiger partial charge < -0.3 is 15.1 Å². The Morgan fingerprint density at radius 3 is 2.52 bits per heavy atom. The van der Waals surface area contributed by atoms with Crippen LogP contribution < -0.4 is 16.4 Å². The summed E-state index contributed by atoms with van der Waals surface area (Å²) in [5.74, 6) is -2.18. The molecule has 0 aliphatic carbocycles. The Hall–Kier alpha value is -3.75. The van der Waals surface area contributed by atoms with Crippen molar-refractivity contribution in [3.63, 3.8) is 0 Å². The zero-order valence-electron chi connectivity index (χ0n) is 15.8. The van der Waals surface area contributed by atoms with Gasteiger partial charge in [-0.25, -0.2) is 9.18 Å². The van der Waals surface area contributed by atoms with Crippen LogP contribution in [0.25, 0.3) is 11.5 Å². The molecule has 2 N–H and O–H groups in total. The lowest BCUT2D eigenvalue weighted by molar-refractivity contribution is -0.117. The minimum Gasteiger partial charge on any atom is -0.388 e. The maximum atomic E-state index is 13.0. The van der Waals surface area contributed by atoms with Crippen molar-refractivity contribution in [2.75, 3.05) is 5.32 Å². The Kier molecular flexibility index (Phi) is 5.87. The SMILES string of the molecule is CC(C)NC(=O)c1ccccc1NC(=O)Cn1nc(-c2ccc(F)cc2)oc1=O. The van der Waals surface area contributed by atoms with Crippen LogP contribution in [0.15, 0.2) is 57.7 Å². The summed E-state index contributed by atoms with van der Waals surface area (Å²) in [5.41, 5.74) is 1.01. The molecule has 0 bridgehead atoms. The summed E-state index contributed by atoms with van der Waals surface area (Å²) < 4.78 is 18.9. The lowest BCUT2D eigenvalue weighted by Gasteiger charge is -2.13. The second kappa shape index (κ2) is 8.51. The molecule has 3 aromatic rings. The van der Waals surface area contributed by atoms with Gasteiger partial charge in [0.15, 0.2) is 0 Å². The quantitative estimate of drug-likeness (QED) is 0.663. The number of anilines is 1. The first-order valence-electron chi connectivity index (χ1n) is 8.87. The predicted molar refractivity (Wildman–Crippen MR) is 104 cm³/mol. The van der Waals surface area contributed by atoms with Crippen LogP contribution in [0, 0.1) is 5.82 Å². The van der Waals surface area contributed by atoms with Crippen molar-refractivity contribution in [1.82, 2.24) is 15.1 Å². The molecule has 3 rings (SSSR count). The summed E-state index contributed by atoms with van der Waals surface area (Å²) in [5, 5.41) is 9.33. The van der Waals surface area contributed by atoms with Crippen LogP contribution in [0.5, 0.6) is 0 Å². The molecular weight excluding hydrogens is 379 g/mol. The van der Waals surface area contributed by atoms with E-state index in [1.54, 1.807) is 24.3 Å². The van der Waals surface area contributed by atoms with Gasteiger partial charge in [0.25, 0.3) is 5.91 Å². The topological polar surface area (TPSA) is 106 Å². The normalized spacial score (nSPS) is 10.8. The van der Waals surface area contributed by atoms with Gasteiger partial charge in [0.05, 0.1) is 11.3 Å². The summed E-state index contributed by atoms with van der Waals surface area (Å²) in [6, 6.07) is 11.7. The Morgan fingerprint density at radius 2 is 1.83 bits per heavy atom. The number of benzene rings is 2. The Balaban J connectivity index is 1.75. The minimum absolute atomic E-state index is 0.0282. The zero-order chi connectivity index (χ0) is 21.0. The molecule has 2 aromatic carbocycles. The average Bonchev–Trinajstić information content (AvgIpc) is 3.02. The summed E-state index contributed by atoms with van der Waals surface area (Å²) >= 11 is 0. The Bertz CT molecular complexity index is 1090. The van der Waals surface area contributed by atoms with Crippen LogP contribution in [0.4, 0.5) is 10.1 Å². The maximum Gasteiger partial charge on any atom is 0.437 e. The number of rotatable bonds is 6. The van der Waals surface area contributed by atoms with E-state index in [-0.39, 0.29) is 17.8 Å². The van der Waals surface area contributed by atoms with E-state index in [9.17, 15) is 18.8 Å². The third kappa shape index (κ3) is 4.95. The van der Waals surface area contributed by atoms with Gasteiger partial charge in [-0.15, -0.1) is 5.10 Å². The minimum atomic E-state index is -0.828. The molecule has 1 aromatic heterocycles. The van der Waals surface area contributed by atoms with Gasteiger partial charge in [0.2, 0.25) is 11.8 Å². The number of hydrogen-bond donors (Lipinski definition) is 2. The van der Waals surface area contributed by atoms with Crippen LogP contribution in [-0.2, 0) is 11.3 Å². The molecule has 0 saturated heterocycles. The fourth-order valence-corrected chi connectivity index (χ4v) is 2.57. The van der Waals surface area contributed by atoms with Crippen molar-refractivity contribution in [3.05, 3.63) is 70.5 Å². The summed E-state index contributed by atoms with van der Waals surface area (Å²) in [4.78, 5) is 36.7. The number of carbonyl (C=O) groups excluding carboxylic acids is 2. The van der Waals surface area contributed by atoms with Crippen molar-refractivity contribution in [2.24, 2.45) is 0 Å². The van der Waals surface area contributed by atoms with Crippen LogP contribution in [-0.4, -0.2) is 27.6 Å². The maximum absolute atomic E-state index is 13.0. The van der Waals surface area contributed by atoms with E-state index in [0.717, 1.165) is 4.68 Å². The van der Waals surface area contributed by atoms with Gasteiger partial charge in [0, 0.05) is 11.6 Å². The first-order valence-corrected chi connectivity index (χ1v) is 8.87. The number of carbonyl (C=O) groups is 2. The molecule has 150 valence electrons. The van der Waals surface area contributed by atoms with Crippen LogP contribution in [0.3, 0.4) is 0 Å². The van der Waals surface area contributed by atoms with Crippen LogP contribution >= 0.6 is 0 Å². The highest BCUT2D eigenvalue weighted by Crippen LogP contribution is 2.17. The first-order chi connectivity index (χ1) is 13.8. The average molecular weight is 398 g/mol. The summed E-state index contributed by atoms with van der Waals surface area (Å²) in [7, 11) is 0. The third-order valence-corrected chi connectivity index (χ3v) is 3.86. The first kappa shape index (κ1) is 20.0. The summed E-state index contributed by atoms with van der Waals surface area (Å²) in [6.07, 6.45) is 0. The van der Waals surface area contributed by atoms with Crippen molar-refractivity contribution >= 4 is 17.5 Å². The predicted octanol–water partition coefficient (Wildman–Crippen LogP) is 2.42. The number of nitrogens with one attached hydrogen (secondary N) is 2. The van der Waals surface area contributed by atoms with E-state index >= 15 is 0 Å². The molecule has 1 heterocycles. The van der Waals surface area contributed by atoms with E-state index < -0.39 is 24.0 Å². The number of aromatic nitrogens is 2. The standard InChI is InChI=1S/C20H19FN4O4/c1-12(2)22-18(27)15-5-3-4-6-16(15)23-17(26)11-25-20(28)29-19(24-25)13-7-9-14(21)10-8-13/h3-10,12H,11H2,1-2H3,(H,22,27)(H,23,26). The molecule has 2 amide bonds. The molecule has 29 heavy (non-hydrogen) atoms. The van der Waals surface area contributed by atoms with Crippen molar-refractivity contribution < 1.29 is 18.4 Å². The lowest BCUT2D eigenvalue weighted by Crippen LogP contribution is -2.31. The molecule has 0 atom stereocenters. The Morgan fingerprint density at radius 1 is 1.14 bits per heavy atom. The third-order valence-electron chi connectivity index (χ3n) is 3.86. The molecule has 0 unspecified atom stereocenters. The fourth-order valence-electron chi connectivity index (χ4n) is 2.57. The molecule has 0 radical (unpaired) electrons. The van der Waals surface area contributed by atoms with Crippen molar-refractivity contribution in [2.45, 2.75) is 26.4 Å². The molecule has 9 heteroatoms. The molecule has 0 spiro atoms. The van der Waals surface area contributed by atoms with Gasteiger partial charge >= 0.3 is 5.76 Å². The number of halogens is 1. The van der Waals surface area contributed by atoms with Crippen molar-refractivity contribution in [3.8, 4) is 11.5 Å². The fraction of sp³-hybridized carbons (Fsp3) is 0.200. The highest BCUT2D eigenvalue weighted by molar-refractivity contribution is 6.03. The number of nitrogens with zero attached hydrogens (tertiary/aromatic N) is 2. The van der Waals surface area contributed by atoms with Gasteiger partial charge in [0.1, 0.15) is 12.4 Å². The monoisotopic (exact) mass is 398 g/mol. The smallest absolute Gasteiger partial charge is 0.388 e. The number of hydrogen-bond acceptors (Lipinski definition) is 5. The second-order valence-corrected chi connectivity index (χ2v) is 6.56. The van der Waals surface area contributed by atoms with Gasteiger partial charge in [-0.05, 0) is 50.2 Å². The molecule has 0 saturated carbocycles. The molecule has 0 aliphatic rings. The van der Waals surface area contributed by atoms with E-state index in [0.29, 0.717) is 16.8 Å². The second-order valence-electron chi connectivity index (χ2n) is 6.56. The lowest BCUT2D eigenvalue weighted by atomic mass is 10.1. The van der Waals surface area contributed by atoms with E-state index in [1.165, 1.54) is 24.3 Å². The highest BCUT2D eigenvalue weighted by atomic mass is 19.1. The van der Waals surface area contributed by atoms with E-state index in [1.807, 2.05) is 13.8 Å². The zero-order valence-corrected chi connectivity index (χ0v) is 15.8.